The fourth-order valence-electron chi connectivity index (χ4n) is 3.70. The molecule has 0 saturated heterocycles. The molecule has 0 spiro atoms. The maximum atomic E-state index is 11.4. The molecule has 4 heteroatoms. The molecule has 23 heavy (non-hydrogen) atoms. The van der Waals surface area contributed by atoms with E-state index >= 15 is 0 Å². The highest BCUT2D eigenvalue weighted by Gasteiger charge is 2.45. The Labute approximate surface area is 144 Å². The molecule has 1 fully saturated rings. The summed E-state index contributed by atoms with van der Waals surface area (Å²) in [7, 11) is 0. The number of rotatable bonds is 8. The van der Waals surface area contributed by atoms with Gasteiger partial charge in [-0.15, -0.1) is 0 Å². The van der Waals surface area contributed by atoms with E-state index in [1.807, 2.05) is 19.1 Å². The molecule has 0 amide bonds. The van der Waals surface area contributed by atoms with Crippen molar-refractivity contribution in [3.63, 3.8) is 0 Å². The largest absolute Gasteiger partial charge is 0.548 e. The summed E-state index contributed by atoms with van der Waals surface area (Å²) in [5.41, 5.74) is 1.28. The summed E-state index contributed by atoms with van der Waals surface area (Å²) in [6.45, 7) is 6.25. The van der Waals surface area contributed by atoms with Crippen molar-refractivity contribution in [2.45, 2.75) is 70.4 Å². The van der Waals surface area contributed by atoms with E-state index < -0.39 is 12.0 Å². The summed E-state index contributed by atoms with van der Waals surface area (Å²) in [6, 6.07) is 7.59. The predicted octanol–water partition coefficient (Wildman–Crippen LogP) is 3.29. The van der Waals surface area contributed by atoms with E-state index in [4.69, 9.17) is 11.6 Å². The summed E-state index contributed by atoms with van der Waals surface area (Å²) < 4.78 is 0. The number of carbonyl (C=O) groups excluding carboxylic acids is 1. The molecule has 1 aromatic carbocycles. The molecule has 0 aromatic heterocycles. The highest BCUT2D eigenvalue weighted by atomic mass is 35.5. The van der Waals surface area contributed by atoms with Crippen LogP contribution in [0.2, 0.25) is 5.02 Å². The SMILES string of the molecule is CCC(NC(CC(C)C)C1(c2ccc(Cl)cc2)CCC1)C(=O)[O-]. The Kier molecular flexibility index (Phi) is 6.10. The van der Waals surface area contributed by atoms with Crippen LogP contribution in [0.1, 0.15) is 58.4 Å². The summed E-state index contributed by atoms with van der Waals surface area (Å²) in [4.78, 5) is 11.4. The number of halogens is 1. The Morgan fingerprint density at radius 3 is 2.30 bits per heavy atom. The van der Waals surface area contributed by atoms with Gasteiger partial charge in [0.1, 0.15) is 0 Å². The molecular formula is C19H27ClNO2-. The summed E-state index contributed by atoms with van der Waals surface area (Å²) in [5, 5.41) is 15.5. The van der Waals surface area contributed by atoms with Crippen molar-refractivity contribution in [1.29, 1.82) is 0 Å². The van der Waals surface area contributed by atoms with Crippen LogP contribution in [0.25, 0.3) is 0 Å². The van der Waals surface area contributed by atoms with Crippen molar-refractivity contribution < 1.29 is 9.90 Å². The topological polar surface area (TPSA) is 52.2 Å². The highest BCUT2D eigenvalue weighted by Crippen LogP contribution is 2.48. The van der Waals surface area contributed by atoms with E-state index in [1.54, 1.807) is 0 Å². The lowest BCUT2D eigenvalue weighted by Crippen LogP contribution is -2.59. The zero-order valence-corrected chi connectivity index (χ0v) is 15.0. The van der Waals surface area contributed by atoms with Gasteiger partial charge < -0.3 is 15.2 Å². The summed E-state index contributed by atoms with van der Waals surface area (Å²) in [6.07, 6.45) is 4.84. The minimum Gasteiger partial charge on any atom is -0.548 e. The third kappa shape index (κ3) is 4.07. The maximum Gasteiger partial charge on any atom is 0.0584 e. The van der Waals surface area contributed by atoms with Crippen LogP contribution in [0.4, 0.5) is 0 Å². The van der Waals surface area contributed by atoms with Crippen molar-refractivity contribution in [3.05, 3.63) is 34.9 Å². The molecule has 1 aliphatic carbocycles. The molecule has 0 bridgehead atoms. The molecule has 0 aliphatic heterocycles. The number of aliphatic carboxylic acids is 1. The second-order valence-corrected chi connectivity index (χ2v) is 7.58. The van der Waals surface area contributed by atoms with Crippen LogP contribution in [0.15, 0.2) is 24.3 Å². The second-order valence-electron chi connectivity index (χ2n) is 7.15. The molecule has 128 valence electrons. The zero-order valence-electron chi connectivity index (χ0n) is 14.3. The molecule has 2 atom stereocenters. The van der Waals surface area contributed by atoms with Crippen LogP contribution in [0.5, 0.6) is 0 Å². The summed E-state index contributed by atoms with van der Waals surface area (Å²) >= 11 is 6.03. The van der Waals surface area contributed by atoms with Crippen LogP contribution in [0.3, 0.4) is 0 Å². The van der Waals surface area contributed by atoms with Crippen LogP contribution >= 0.6 is 11.6 Å². The van der Waals surface area contributed by atoms with Gasteiger partial charge in [-0.2, -0.15) is 0 Å². The molecule has 1 aliphatic rings. The smallest absolute Gasteiger partial charge is 0.0584 e. The van der Waals surface area contributed by atoms with Gasteiger partial charge in [0.25, 0.3) is 0 Å². The number of nitrogens with one attached hydrogen (secondary N) is 1. The first kappa shape index (κ1) is 18.3. The van der Waals surface area contributed by atoms with Crippen molar-refractivity contribution in [2.24, 2.45) is 5.92 Å². The van der Waals surface area contributed by atoms with E-state index in [0.717, 1.165) is 24.3 Å². The molecule has 0 heterocycles. The van der Waals surface area contributed by atoms with Gasteiger partial charge >= 0.3 is 0 Å². The third-order valence-corrected chi connectivity index (χ3v) is 5.39. The standard InChI is InChI=1S/C19H28ClNO2/c1-4-16(18(22)23)21-17(12-13(2)3)19(10-5-11-19)14-6-8-15(20)9-7-14/h6-9,13,16-17,21H,4-5,10-12H2,1-3H3,(H,22,23)/p-1. The number of carboxylic acids is 1. The van der Waals surface area contributed by atoms with E-state index in [1.165, 1.54) is 12.0 Å². The predicted molar refractivity (Wildman–Crippen MR) is 92.4 cm³/mol. The first-order chi connectivity index (χ1) is 10.9. The van der Waals surface area contributed by atoms with Gasteiger partial charge in [-0.25, -0.2) is 0 Å². The lowest BCUT2D eigenvalue weighted by Gasteiger charge is -2.50. The number of carbonyl (C=O) groups is 1. The fraction of sp³-hybridized carbons (Fsp3) is 0.632. The zero-order chi connectivity index (χ0) is 17.0. The minimum atomic E-state index is -1.01. The number of benzene rings is 1. The van der Waals surface area contributed by atoms with E-state index in [-0.39, 0.29) is 11.5 Å². The van der Waals surface area contributed by atoms with E-state index in [0.29, 0.717) is 12.3 Å². The molecule has 3 nitrogen and oxygen atoms in total. The third-order valence-electron chi connectivity index (χ3n) is 5.13. The van der Waals surface area contributed by atoms with Gasteiger partial charge in [-0.05, 0) is 49.3 Å². The van der Waals surface area contributed by atoms with E-state index in [2.05, 4.69) is 31.3 Å². The van der Waals surface area contributed by atoms with Gasteiger partial charge in [0.15, 0.2) is 0 Å². The van der Waals surface area contributed by atoms with Gasteiger partial charge in [-0.1, -0.05) is 50.9 Å². The van der Waals surface area contributed by atoms with Crippen LogP contribution in [0, 0.1) is 5.92 Å². The van der Waals surface area contributed by atoms with Crippen molar-refractivity contribution in [1.82, 2.24) is 5.32 Å². The fourth-order valence-corrected chi connectivity index (χ4v) is 3.82. The second kappa shape index (κ2) is 7.67. The molecule has 2 rings (SSSR count). The van der Waals surface area contributed by atoms with Crippen molar-refractivity contribution in [3.8, 4) is 0 Å². The normalized spacial score (nSPS) is 19.2. The van der Waals surface area contributed by atoms with E-state index in [9.17, 15) is 9.90 Å². The van der Waals surface area contributed by atoms with Crippen molar-refractivity contribution in [2.75, 3.05) is 0 Å². The first-order valence-corrected chi connectivity index (χ1v) is 8.99. The lowest BCUT2D eigenvalue weighted by atomic mass is 9.58. The molecule has 0 radical (unpaired) electrons. The number of hydrogen-bond donors (Lipinski definition) is 1. The molecule has 1 N–H and O–H groups in total. The van der Waals surface area contributed by atoms with Gasteiger partial charge in [-0.3, -0.25) is 0 Å². The Balaban J connectivity index is 2.30. The number of carboxylic acid groups (broad SMARTS) is 1. The Morgan fingerprint density at radius 2 is 1.91 bits per heavy atom. The van der Waals surface area contributed by atoms with Crippen molar-refractivity contribution >= 4 is 17.6 Å². The van der Waals surface area contributed by atoms with Crippen LogP contribution in [-0.2, 0) is 10.2 Å². The van der Waals surface area contributed by atoms with Crippen LogP contribution < -0.4 is 10.4 Å². The Hall–Kier alpha value is -1.06. The molecule has 1 saturated carbocycles. The quantitative estimate of drug-likeness (QED) is 0.792. The van der Waals surface area contributed by atoms with Crippen LogP contribution in [-0.4, -0.2) is 18.1 Å². The average molecular weight is 337 g/mol. The van der Waals surface area contributed by atoms with Gasteiger partial charge in [0, 0.05) is 22.5 Å². The summed E-state index contributed by atoms with van der Waals surface area (Å²) in [5.74, 6) is -0.511. The number of hydrogen-bond acceptors (Lipinski definition) is 3. The average Bonchev–Trinajstić information content (AvgIpc) is 2.44. The maximum absolute atomic E-state index is 11.4. The lowest BCUT2D eigenvalue weighted by molar-refractivity contribution is -0.308. The highest BCUT2D eigenvalue weighted by molar-refractivity contribution is 6.30. The Morgan fingerprint density at radius 1 is 1.30 bits per heavy atom. The monoisotopic (exact) mass is 336 g/mol. The Bertz CT molecular complexity index is 523. The van der Waals surface area contributed by atoms with Gasteiger partial charge in [0.2, 0.25) is 0 Å². The van der Waals surface area contributed by atoms with Gasteiger partial charge in [0.05, 0.1) is 5.97 Å². The molecular weight excluding hydrogens is 310 g/mol. The minimum absolute atomic E-state index is 0.0116. The first-order valence-electron chi connectivity index (χ1n) is 8.62. The molecule has 2 unspecified atom stereocenters. The molecule has 1 aromatic rings.